The van der Waals surface area contributed by atoms with Crippen molar-refractivity contribution in [3.63, 3.8) is 0 Å². The summed E-state index contributed by atoms with van der Waals surface area (Å²) >= 11 is 0. The highest BCUT2D eigenvalue weighted by Crippen LogP contribution is 2.33. The number of hydrogen-bond donors (Lipinski definition) is 1. The third-order valence-corrected chi connectivity index (χ3v) is 2.65. The summed E-state index contributed by atoms with van der Waals surface area (Å²) < 4.78 is 37.6. The van der Waals surface area contributed by atoms with Gasteiger partial charge in [-0.2, -0.15) is 18.4 Å². The van der Waals surface area contributed by atoms with Gasteiger partial charge in [-0.3, -0.25) is 0 Å². The van der Waals surface area contributed by atoms with Crippen LogP contribution in [0.25, 0.3) is 0 Å². The predicted molar refractivity (Wildman–Crippen MR) is 56.8 cm³/mol. The van der Waals surface area contributed by atoms with Gasteiger partial charge in [0.25, 0.3) is 0 Å². The van der Waals surface area contributed by atoms with E-state index in [1.54, 1.807) is 13.0 Å². The summed E-state index contributed by atoms with van der Waals surface area (Å²) in [7, 11) is 0. The molecule has 0 bridgehead atoms. The second-order valence-electron chi connectivity index (χ2n) is 4.53. The summed E-state index contributed by atoms with van der Waals surface area (Å²) in [5.74, 6) is -0.0288. The third-order valence-electron chi connectivity index (χ3n) is 2.65. The van der Waals surface area contributed by atoms with Crippen LogP contribution in [0.1, 0.15) is 18.2 Å². The number of β-amino-alcohol motifs (C(OH)–C–C–N with tert-alkyl or cyclic N) is 1. The molecule has 0 unspecified atom stereocenters. The van der Waals surface area contributed by atoms with Gasteiger partial charge >= 0.3 is 6.18 Å². The normalized spacial score (nSPS) is 18.1. The topological polar surface area (TPSA) is 60.1 Å². The Morgan fingerprint density at radius 3 is 2.50 bits per heavy atom. The first-order chi connectivity index (χ1) is 8.23. The Bertz CT molecular complexity index is 511. The Morgan fingerprint density at radius 1 is 1.44 bits per heavy atom. The van der Waals surface area contributed by atoms with Crippen LogP contribution in [-0.4, -0.2) is 28.8 Å². The lowest BCUT2D eigenvalue weighted by Gasteiger charge is -2.45. The van der Waals surface area contributed by atoms with Gasteiger partial charge in [0, 0.05) is 13.1 Å². The van der Waals surface area contributed by atoms with Crippen LogP contribution in [0.5, 0.6) is 0 Å². The van der Waals surface area contributed by atoms with Gasteiger partial charge in [-0.1, -0.05) is 0 Å². The molecule has 4 nitrogen and oxygen atoms in total. The van der Waals surface area contributed by atoms with Gasteiger partial charge in [-0.25, -0.2) is 4.98 Å². The van der Waals surface area contributed by atoms with Crippen LogP contribution < -0.4 is 4.90 Å². The molecule has 0 atom stereocenters. The number of nitriles is 1. The molecule has 1 fully saturated rings. The number of rotatable bonds is 1. The second-order valence-corrected chi connectivity index (χ2v) is 4.53. The van der Waals surface area contributed by atoms with Gasteiger partial charge in [-0.15, -0.1) is 0 Å². The minimum Gasteiger partial charge on any atom is -0.386 e. The van der Waals surface area contributed by atoms with Crippen molar-refractivity contribution in [3.05, 3.63) is 23.4 Å². The number of anilines is 1. The molecule has 0 spiro atoms. The molecule has 96 valence electrons. The molecule has 1 aromatic heterocycles. The van der Waals surface area contributed by atoms with E-state index < -0.39 is 17.5 Å². The van der Waals surface area contributed by atoms with E-state index in [1.807, 2.05) is 0 Å². The molecular weight excluding hydrogens is 247 g/mol. The van der Waals surface area contributed by atoms with Gasteiger partial charge in [0.15, 0.2) is 0 Å². The summed E-state index contributed by atoms with van der Waals surface area (Å²) in [4.78, 5) is 4.92. The first-order valence-corrected chi connectivity index (χ1v) is 5.19. The molecule has 0 radical (unpaired) electrons. The molecule has 7 heteroatoms. The van der Waals surface area contributed by atoms with Crippen LogP contribution in [0.2, 0.25) is 0 Å². The minimum absolute atomic E-state index is 0.0288. The molecule has 18 heavy (non-hydrogen) atoms. The molecule has 1 saturated heterocycles. The highest BCUT2D eigenvalue weighted by atomic mass is 19.4. The van der Waals surface area contributed by atoms with Gasteiger partial charge in [0.05, 0.1) is 11.2 Å². The Morgan fingerprint density at radius 2 is 2.06 bits per heavy atom. The van der Waals surface area contributed by atoms with Gasteiger partial charge in [-0.05, 0) is 19.1 Å². The van der Waals surface area contributed by atoms with Crippen molar-refractivity contribution in [3.8, 4) is 6.07 Å². The quantitative estimate of drug-likeness (QED) is 0.829. The van der Waals surface area contributed by atoms with E-state index in [-0.39, 0.29) is 24.5 Å². The summed E-state index contributed by atoms with van der Waals surface area (Å²) in [6.07, 6.45) is -4.55. The lowest BCUT2D eigenvalue weighted by molar-refractivity contribution is -0.141. The standard InChI is InChI=1S/C11H10F3N3O/c1-10(18)5-17(6-10)9-7(4-15)2-3-8(16-9)11(12,13)14/h2-3,18H,5-6H2,1H3. The fraction of sp³-hybridized carbons (Fsp3) is 0.455. The van der Waals surface area contributed by atoms with Crippen molar-refractivity contribution in [1.29, 1.82) is 5.26 Å². The third kappa shape index (κ3) is 2.24. The zero-order chi connectivity index (χ0) is 13.6. The summed E-state index contributed by atoms with van der Waals surface area (Å²) in [6, 6.07) is 3.67. The van der Waals surface area contributed by atoms with E-state index in [0.717, 1.165) is 12.1 Å². The van der Waals surface area contributed by atoms with E-state index in [4.69, 9.17) is 5.26 Å². The SMILES string of the molecule is CC1(O)CN(c2nc(C(F)(F)F)ccc2C#N)C1. The largest absolute Gasteiger partial charge is 0.433 e. The fourth-order valence-corrected chi connectivity index (χ4v) is 1.86. The average Bonchev–Trinajstić information content (AvgIpc) is 2.23. The monoisotopic (exact) mass is 257 g/mol. The molecule has 1 N–H and O–H groups in total. The molecule has 2 heterocycles. The minimum atomic E-state index is -4.55. The molecular formula is C11H10F3N3O. The predicted octanol–water partition coefficient (Wildman–Crippen LogP) is 1.54. The van der Waals surface area contributed by atoms with Crippen LogP contribution in [0.4, 0.5) is 19.0 Å². The first kappa shape index (κ1) is 12.6. The number of aliphatic hydroxyl groups is 1. The molecule has 1 aliphatic rings. The van der Waals surface area contributed by atoms with Gasteiger partial charge in [0.2, 0.25) is 0 Å². The van der Waals surface area contributed by atoms with Crippen molar-refractivity contribution in [1.82, 2.24) is 4.98 Å². The molecule has 2 rings (SSSR count). The molecule has 0 aliphatic carbocycles. The molecule has 0 saturated carbocycles. The number of alkyl halides is 3. The van der Waals surface area contributed by atoms with Crippen LogP contribution in [0.15, 0.2) is 12.1 Å². The summed E-state index contributed by atoms with van der Waals surface area (Å²) in [6.45, 7) is 1.90. The number of hydrogen-bond acceptors (Lipinski definition) is 4. The Balaban J connectivity index is 2.37. The van der Waals surface area contributed by atoms with Crippen molar-refractivity contribution < 1.29 is 18.3 Å². The van der Waals surface area contributed by atoms with Crippen molar-refractivity contribution in [2.24, 2.45) is 0 Å². The van der Waals surface area contributed by atoms with Crippen molar-refractivity contribution in [2.75, 3.05) is 18.0 Å². The Hall–Kier alpha value is -1.81. The van der Waals surface area contributed by atoms with Crippen LogP contribution in [0, 0.1) is 11.3 Å². The van der Waals surface area contributed by atoms with E-state index in [1.165, 1.54) is 4.90 Å². The Kier molecular flexibility index (Phi) is 2.70. The highest BCUT2D eigenvalue weighted by Gasteiger charge is 2.40. The fourth-order valence-electron chi connectivity index (χ4n) is 1.86. The maximum absolute atomic E-state index is 12.5. The maximum atomic E-state index is 12.5. The lowest BCUT2D eigenvalue weighted by atomic mass is 9.96. The van der Waals surface area contributed by atoms with Crippen LogP contribution in [-0.2, 0) is 6.18 Å². The van der Waals surface area contributed by atoms with Gasteiger partial charge in [0.1, 0.15) is 17.6 Å². The van der Waals surface area contributed by atoms with Gasteiger partial charge < -0.3 is 10.0 Å². The number of halogens is 3. The lowest BCUT2D eigenvalue weighted by Crippen LogP contribution is -2.60. The smallest absolute Gasteiger partial charge is 0.386 e. The van der Waals surface area contributed by atoms with E-state index >= 15 is 0 Å². The molecule has 1 aliphatic heterocycles. The van der Waals surface area contributed by atoms with Crippen LogP contribution in [0.3, 0.4) is 0 Å². The maximum Gasteiger partial charge on any atom is 0.433 e. The number of aromatic nitrogens is 1. The average molecular weight is 257 g/mol. The molecule has 1 aromatic rings. The molecule has 0 aromatic carbocycles. The zero-order valence-corrected chi connectivity index (χ0v) is 9.49. The number of pyridine rings is 1. The van der Waals surface area contributed by atoms with Crippen molar-refractivity contribution >= 4 is 5.82 Å². The number of nitrogens with zero attached hydrogens (tertiary/aromatic N) is 3. The van der Waals surface area contributed by atoms with E-state index in [0.29, 0.717) is 0 Å². The zero-order valence-electron chi connectivity index (χ0n) is 9.49. The molecule has 0 amide bonds. The van der Waals surface area contributed by atoms with E-state index in [2.05, 4.69) is 4.98 Å². The van der Waals surface area contributed by atoms with E-state index in [9.17, 15) is 18.3 Å². The summed E-state index contributed by atoms with van der Waals surface area (Å²) in [5, 5.41) is 18.4. The first-order valence-electron chi connectivity index (χ1n) is 5.19. The second kappa shape index (κ2) is 3.85. The van der Waals surface area contributed by atoms with Crippen LogP contribution >= 0.6 is 0 Å². The highest BCUT2D eigenvalue weighted by molar-refractivity contribution is 5.57. The van der Waals surface area contributed by atoms with Crippen molar-refractivity contribution in [2.45, 2.75) is 18.7 Å². The summed E-state index contributed by atoms with van der Waals surface area (Å²) in [5.41, 5.74) is -1.91. The Labute approximate surface area is 101 Å².